The Kier molecular flexibility index (Phi) is 4.60. The highest BCUT2D eigenvalue weighted by atomic mass is 35.5. The maximum atomic E-state index is 10.7. The van der Waals surface area contributed by atoms with Crippen LogP contribution >= 0.6 is 11.6 Å². The normalized spacial score (nSPS) is 12.6. The number of hydrogen-bond donors (Lipinski definition) is 2. The van der Waals surface area contributed by atoms with E-state index in [1.165, 1.54) is 0 Å². The number of nitrogens with one attached hydrogen (secondary N) is 1. The molecule has 3 aromatic rings. The van der Waals surface area contributed by atoms with Crippen molar-refractivity contribution in [3.8, 4) is 28.4 Å². The summed E-state index contributed by atoms with van der Waals surface area (Å²) in [5.41, 5.74) is 3.16. The average Bonchev–Trinajstić information content (AvgIpc) is 3.17. The third-order valence-electron chi connectivity index (χ3n) is 4.15. The molecule has 0 saturated carbocycles. The lowest BCUT2D eigenvalue weighted by atomic mass is 10.1. The van der Waals surface area contributed by atoms with Crippen LogP contribution in [0.2, 0.25) is 5.02 Å². The number of hydrogen-bond acceptors (Lipinski definition) is 4. The number of ether oxygens (including phenoxy) is 2. The molecule has 0 atom stereocenters. The summed E-state index contributed by atoms with van der Waals surface area (Å²) in [5.74, 6) is 1.44. The first kappa shape index (κ1) is 17.2. The summed E-state index contributed by atoms with van der Waals surface area (Å²) >= 11 is 6.15. The van der Waals surface area contributed by atoms with Crippen molar-refractivity contribution in [3.05, 3.63) is 59.2 Å². The topological polar surface area (TPSA) is 85.6 Å². The Morgan fingerprint density at radius 1 is 1.15 bits per heavy atom. The molecule has 138 valence electrons. The van der Waals surface area contributed by atoms with Crippen LogP contribution in [0.4, 0.5) is 4.79 Å². The van der Waals surface area contributed by atoms with Gasteiger partial charge in [-0.3, -0.25) is 0 Å². The van der Waals surface area contributed by atoms with Crippen molar-refractivity contribution in [3.63, 3.8) is 0 Å². The van der Waals surface area contributed by atoms with Gasteiger partial charge in [-0.1, -0.05) is 11.6 Å². The van der Waals surface area contributed by atoms with Gasteiger partial charge < -0.3 is 19.9 Å². The standard InChI is InChI=1S/C19H16ClN3O4/c20-15-3-2-14(9-13(15)11-21-19(24)25)23-6-5-16(22-23)12-1-4-17-18(10-12)27-8-7-26-17/h1-6,9-10,21H,7-8,11H2,(H,24,25). The van der Waals surface area contributed by atoms with Crippen molar-refractivity contribution in [2.45, 2.75) is 6.54 Å². The lowest BCUT2D eigenvalue weighted by Gasteiger charge is -2.18. The van der Waals surface area contributed by atoms with Crippen LogP contribution in [0.1, 0.15) is 5.56 Å². The molecule has 0 aliphatic carbocycles. The molecule has 2 N–H and O–H groups in total. The molecule has 0 radical (unpaired) electrons. The fraction of sp³-hybridized carbons (Fsp3) is 0.158. The second-order valence-corrected chi connectivity index (χ2v) is 6.35. The van der Waals surface area contributed by atoms with E-state index in [0.29, 0.717) is 29.5 Å². The molecule has 0 bridgehead atoms. The summed E-state index contributed by atoms with van der Waals surface area (Å²) in [7, 11) is 0. The van der Waals surface area contributed by atoms with Gasteiger partial charge in [0.15, 0.2) is 11.5 Å². The monoisotopic (exact) mass is 385 g/mol. The number of aromatic nitrogens is 2. The Hall–Kier alpha value is -3.19. The van der Waals surface area contributed by atoms with Crippen molar-refractivity contribution < 1.29 is 19.4 Å². The predicted molar refractivity (Wildman–Crippen MR) is 99.9 cm³/mol. The molecule has 4 rings (SSSR count). The highest BCUT2D eigenvalue weighted by Gasteiger charge is 2.14. The van der Waals surface area contributed by atoms with Crippen LogP contribution in [0.3, 0.4) is 0 Å². The van der Waals surface area contributed by atoms with E-state index in [2.05, 4.69) is 10.4 Å². The van der Waals surface area contributed by atoms with E-state index >= 15 is 0 Å². The molecule has 1 aliphatic heterocycles. The molecule has 27 heavy (non-hydrogen) atoms. The van der Waals surface area contributed by atoms with E-state index in [4.69, 9.17) is 26.2 Å². The fourth-order valence-electron chi connectivity index (χ4n) is 2.83. The Morgan fingerprint density at radius 2 is 1.96 bits per heavy atom. The van der Waals surface area contributed by atoms with Gasteiger partial charge in [0, 0.05) is 23.3 Å². The molecule has 1 aromatic heterocycles. The number of amides is 1. The first-order chi connectivity index (χ1) is 13.1. The molecule has 8 heteroatoms. The smallest absolute Gasteiger partial charge is 0.404 e. The van der Waals surface area contributed by atoms with Crippen LogP contribution in [-0.2, 0) is 6.54 Å². The number of fused-ring (bicyclic) bond motifs is 1. The van der Waals surface area contributed by atoms with Crippen LogP contribution in [0.15, 0.2) is 48.7 Å². The molecule has 0 spiro atoms. The predicted octanol–water partition coefficient (Wildman–Crippen LogP) is 3.73. The third kappa shape index (κ3) is 3.68. The second kappa shape index (κ2) is 7.20. The van der Waals surface area contributed by atoms with Crippen molar-refractivity contribution >= 4 is 17.7 Å². The molecule has 0 unspecified atom stereocenters. The number of carboxylic acid groups (broad SMARTS) is 1. The van der Waals surface area contributed by atoms with E-state index in [1.807, 2.05) is 36.5 Å². The summed E-state index contributed by atoms with van der Waals surface area (Å²) in [6.45, 7) is 1.21. The molecule has 0 saturated heterocycles. The minimum atomic E-state index is -1.10. The largest absolute Gasteiger partial charge is 0.486 e. The van der Waals surface area contributed by atoms with Gasteiger partial charge in [-0.05, 0) is 48.0 Å². The van der Waals surface area contributed by atoms with Gasteiger partial charge in [0.05, 0.1) is 11.4 Å². The van der Waals surface area contributed by atoms with Crippen molar-refractivity contribution in [2.24, 2.45) is 0 Å². The molecule has 1 amide bonds. The second-order valence-electron chi connectivity index (χ2n) is 5.94. The van der Waals surface area contributed by atoms with E-state index in [9.17, 15) is 4.79 Å². The summed E-state index contributed by atoms with van der Waals surface area (Å²) in [4.78, 5) is 10.7. The lowest BCUT2D eigenvalue weighted by molar-refractivity contribution is 0.171. The minimum absolute atomic E-state index is 0.123. The number of carbonyl (C=O) groups is 1. The average molecular weight is 386 g/mol. The molecular formula is C19H16ClN3O4. The summed E-state index contributed by atoms with van der Waals surface area (Å²) in [6.07, 6.45) is 0.737. The van der Waals surface area contributed by atoms with E-state index in [-0.39, 0.29) is 6.54 Å². The maximum Gasteiger partial charge on any atom is 0.404 e. The zero-order valence-electron chi connectivity index (χ0n) is 14.2. The van der Waals surface area contributed by atoms with Crippen LogP contribution < -0.4 is 14.8 Å². The van der Waals surface area contributed by atoms with Gasteiger partial charge in [-0.15, -0.1) is 0 Å². The van der Waals surface area contributed by atoms with Gasteiger partial charge in [0.2, 0.25) is 0 Å². The minimum Gasteiger partial charge on any atom is -0.486 e. The van der Waals surface area contributed by atoms with E-state index in [1.54, 1.807) is 16.8 Å². The molecule has 0 fully saturated rings. The molecule has 1 aliphatic rings. The molecular weight excluding hydrogens is 370 g/mol. The lowest BCUT2D eigenvalue weighted by Crippen LogP contribution is -2.20. The Balaban J connectivity index is 1.61. The van der Waals surface area contributed by atoms with Gasteiger partial charge in [0.25, 0.3) is 0 Å². The SMILES string of the molecule is O=C(O)NCc1cc(-n2ccc(-c3ccc4c(c3)OCCO4)n2)ccc1Cl. The number of rotatable bonds is 4. The number of nitrogens with zero attached hydrogens (tertiary/aromatic N) is 2. The molecule has 2 heterocycles. The third-order valence-corrected chi connectivity index (χ3v) is 4.52. The first-order valence-corrected chi connectivity index (χ1v) is 8.69. The van der Waals surface area contributed by atoms with Gasteiger partial charge in [0.1, 0.15) is 13.2 Å². The van der Waals surface area contributed by atoms with Crippen molar-refractivity contribution in [1.29, 1.82) is 0 Å². The number of halogens is 1. The number of benzene rings is 2. The van der Waals surface area contributed by atoms with Gasteiger partial charge >= 0.3 is 6.09 Å². The van der Waals surface area contributed by atoms with E-state index in [0.717, 1.165) is 22.7 Å². The Labute approximate surface area is 160 Å². The van der Waals surface area contributed by atoms with Crippen LogP contribution in [-0.4, -0.2) is 34.2 Å². The van der Waals surface area contributed by atoms with E-state index < -0.39 is 6.09 Å². The quantitative estimate of drug-likeness (QED) is 0.714. The molecule has 2 aromatic carbocycles. The van der Waals surface area contributed by atoms with Gasteiger partial charge in [-0.2, -0.15) is 5.10 Å². The molecule has 7 nitrogen and oxygen atoms in total. The highest BCUT2D eigenvalue weighted by Crippen LogP contribution is 2.34. The zero-order chi connectivity index (χ0) is 18.8. The zero-order valence-corrected chi connectivity index (χ0v) is 14.9. The Bertz CT molecular complexity index is 1000. The summed E-state index contributed by atoms with van der Waals surface area (Å²) in [5, 5.41) is 16.2. The van der Waals surface area contributed by atoms with Gasteiger partial charge in [-0.25, -0.2) is 9.48 Å². The maximum absolute atomic E-state index is 10.7. The highest BCUT2D eigenvalue weighted by molar-refractivity contribution is 6.31. The van der Waals surface area contributed by atoms with Crippen LogP contribution in [0, 0.1) is 0 Å². The van der Waals surface area contributed by atoms with Crippen molar-refractivity contribution in [2.75, 3.05) is 13.2 Å². The fourth-order valence-corrected chi connectivity index (χ4v) is 3.02. The summed E-state index contributed by atoms with van der Waals surface area (Å²) in [6, 6.07) is 13.0. The van der Waals surface area contributed by atoms with Crippen molar-refractivity contribution in [1.82, 2.24) is 15.1 Å². The van der Waals surface area contributed by atoms with Crippen LogP contribution in [0.25, 0.3) is 16.9 Å². The van der Waals surface area contributed by atoms with Crippen LogP contribution in [0.5, 0.6) is 11.5 Å². The first-order valence-electron chi connectivity index (χ1n) is 8.31. The summed E-state index contributed by atoms with van der Waals surface area (Å²) < 4.78 is 12.9. The Morgan fingerprint density at radius 3 is 2.78 bits per heavy atom.